The molecule has 1 heterocycles. The zero-order chi connectivity index (χ0) is 18.9. The van der Waals surface area contributed by atoms with Crippen molar-refractivity contribution in [1.82, 2.24) is 0 Å². The molecule has 138 valence electrons. The fourth-order valence-electron chi connectivity index (χ4n) is 3.53. The fraction of sp³-hybridized carbons (Fsp3) is 0.350. The molecule has 0 fully saturated rings. The van der Waals surface area contributed by atoms with Gasteiger partial charge in [-0.2, -0.15) is 0 Å². The second-order valence-corrected chi connectivity index (χ2v) is 8.33. The Balaban J connectivity index is 2.09. The molecule has 2 unspecified atom stereocenters. The van der Waals surface area contributed by atoms with Crippen LogP contribution in [0.3, 0.4) is 0 Å². The first kappa shape index (κ1) is 18.5. The lowest BCUT2D eigenvalue weighted by molar-refractivity contribution is -0.142. The number of sulfonamides is 1. The van der Waals surface area contributed by atoms with Crippen molar-refractivity contribution in [3.8, 4) is 0 Å². The number of hydrogen-bond donors (Lipinski definition) is 0. The van der Waals surface area contributed by atoms with Gasteiger partial charge in [-0.1, -0.05) is 37.3 Å². The lowest BCUT2D eigenvalue weighted by Crippen LogP contribution is -2.44. The summed E-state index contributed by atoms with van der Waals surface area (Å²) in [6, 6.07) is 13.8. The predicted molar refractivity (Wildman–Crippen MR) is 101 cm³/mol. The highest BCUT2D eigenvalue weighted by atomic mass is 32.2. The molecule has 0 saturated heterocycles. The maximum absolute atomic E-state index is 13.3. The molecule has 0 radical (unpaired) electrons. The maximum Gasteiger partial charge on any atom is 0.313 e. The molecule has 5 nitrogen and oxygen atoms in total. The van der Waals surface area contributed by atoms with Gasteiger partial charge in [-0.3, -0.25) is 9.10 Å². The number of para-hydroxylation sites is 1. The molecule has 0 aliphatic carbocycles. The van der Waals surface area contributed by atoms with Gasteiger partial charge in [0.05, 0.1) is 23.6 Å². The summed E-state index contributed by atoms with van der Waals surface area (Å²) < 4.78 is 33.0. The second-order valence-electron chi connectivity index (χ2n) is 6.52. The number of nitrogens with zero attached hydrogens (tertiary/aromatic N) is 1. The highest BCUT2D eigenvalue weighted by molar-refractivity contribution is 7.92. The highest BCUT2D eigenvalue weighted by Gasteiger charge is 2.40. The zero-order valence-corrected chi connectivity index (χ0v) is 16.0. The van der Waals surface area contributed by atoms with Crippen LogP contribution < -0.4 is 4.31 Å². The molecule has 0 aromatic heterocycles. The van der Waals surface area contributed by atoms with Crippen LogP contribution in [-0.2, 0) is 26.0 Å². The van der Waals surface area contributed by atoms with E-state index in [1.54, 1.807) is 30.3 Å². The van der Waals surface area contributed by atoms with Crippen LogP contribution in [0, 0.1) is 0 Å². The van der Waals surface area contributed by atoms with Gasteiger partial charge in [-0.05, 0) is 49.1 Å². The van der Waals surface area contributed by atoms with Crippen molar-refractivity contribution >= 4 is 21.7 Å². The summed E-state index contributed by atoms with van der Waals surface area (Å²) in [5, 5.41) is 0. The number of hydrogen-bond acceptors (Lipinski definition) is 4. The molecule has 0 spiro atoms. The lowest BCUT2D eigenvalue weighted by Gasteiger charge is -2.38. The third-order valence-corrected chi connectivity index (χ3v) is 6.84. The van der Waals surface area contributed by atoms with E-state index in [0.29, 0.717) is 17.7 Å². The minimum Gasteiger partial charge on any atom is -0.469 e. The van der Waals surface area contributed by atoms with E-state index in [1.165, 1.54) is 11.4 Å². The standard InChI is InChI=1S/C20H23NO4S/c1-4-15-9-11-16(12-10-15)26(23,24)21-14(2)13-18(20(22)25-3)17-7-5-6-8-19(17)21/h5-12,14,18H,4,13H2,1-3H3. The predicted octanol–water partition coefficient (Wildman–Crippen LogP) is 3.49. The number of methoxy groups -OCH3 is 1. The number of aryl methyl sites for hydroxylation is 1. The zero-order valence-electron chi connectivity index (χ0n) is 15.2. The molecule has 1 aliphatic heterocycles. The lowest BCUT2D eigenvalue weighted by atomic mass is 9.87. The van der Waals surface area contributed by atoms with Crippen molar-refractivity contribution < 1.29 is 17.9 Å². The molecule has 2 aromatic carbocycles. The second kappa shape index (κ2) is 7.11. The molecule has 26 heavy (non-hydrogen) atoms. The molecule has 2 atom stereocenters. The first-order valence-corrected chi connectivity index (χ1v) is 10.1. The number of carbonyl (C=O) groups is 1. The Morgan fingerprint density at radius 2 is 1.81 bits per heavy atom. The van der Waals surface area contributed by atoms with Crippen LogP contribution in [0.5, 0.6) is 0 Å². The summed E-state index contributed by atoms with van der Waals surface area (Å²) in [5.41, 5.74) is 2.31. The SMILES string of the molecule is CCc1ccc(S(=O)(=O)N2c3ccccc3C(C(=O)OC)CC2C)cc1. The molecule has 0 amide bonds. The fourth-order valence-corrected chi connectivity index (χ4v) is 5.22. The summed E-state index contributed by atoms with van der Waals surface area (Å²) in [5.74, 6) is -0.797. The van der Waals surface area contributed by atoms with E-state index in [2.05, 4.69) is 0 Å². The monoisotopic (exact) mass is 373 g/mol. The average Bonchev–Trinajstić information content (AvgIpc) is 2.66. The summed E-state index contributed by atoms with van der Waals surface area (Å²) >= 11 is 0. The third-order valence-electron chi connectivity index (χ3n) is 4.90. The number of ether oxygens (including phenoxy) is 1. The van der Waals surface area contributed by atoms with Crippen molar-refractivity contribution in [3.63, 3.8) is 0 Å². The molecule has 0 bridgehead atoms. The molecule has 2 aromatic rings. The molecule has 6 heteroatoms. The topological polar surface area (TPSA) is 63.7 Å². The molecule has 0 saturated carbocycles. The Kier molecular flexibility index (Phi) is 5.05. The van der Waals surface area contributed by atoms with Gasteiger partial charge in [0.25, 0.3) is 10.0 Å². The van der Waals surface area contributed by atoms with E-state index >= 15 is 0 Å². The van der Waals surface area contributed by atoms with Gasteiger partial charge < -0.3 is 4.74 Å². The van der Waals surface area contributed by atoms with Gasteiger partial charge in [0.15, 0.2) is 0 Å². The van der Waals surface area contributed by atoms with Gasteiger partial charge in [-0.15, -0.1) is 0 Å². The van der Waals surface area contributed by atoms with E-state index < -0.39 is 15.9 Å². The van der Waals surface area contributed by atoms with E-state index in [1.807, 2.05) is 32.0 Å². The number of carbonyl (C=O) groups excluding carboxylic acids is 1. The van der Waals surface area contributed by atoms with Crippen molar-refractivity contribution in [2.24, 2.45) is 0 Å². The van der Waals surface area contributed by atoms with E-state index in [-0.39, 0.29) is 16.9 Å². The van der Waals surface area contributed by atoms with E-state index in [4.69, 9.17) is 4.74 Å². The smallest absolute Gasteiger partial charge is 0.313 e. The Morgan fingerprint density at radius 3 is 2.42 bits per heavy atom. The minimum atomic E-state index is -3.72. The van der Waals surface area contributed by atoms with Crippen LogP contribution in [0.25, 0.3) is 0 Å². The Hall–Kier alpha value is -2.34. The van der Waals surface area contributed by atoms with Crippen LogP contribution in [-0.4, -0.2) is 27.5 Å². The number of benzene rings is 2. The molecule has 3 rings (SSSR count). The molecule has 1 aliphatic rings. The van der Waals surface area contributed by atoms with E-state index in [9.17, 15) is 13.2 Å². The van der Waals surface area contributed by atoms with Crippen LogP contribution in [0.4, 0.5) is 5.69 Å². The van der Waals surface area contributed by atoms with Crippen molar-refractivity contribution in [3.05, 3.63) is 59.7 Å². The Bertz CT molecular complexity index is 906. The number of fused-ring (bicyclic) bond motifs is 1. The summed E-state index contributed by atoms with van der Waals surface area (Å²) in [7, 11) is -2.37. The quantitative estimate of drug-likeness (QED) is 0.770. The number of rotatable bonds is 4. The van der Waals surface area contributed by atoms with Crippen LogP contribution in [0.2, 0.25) is 0 Å². The Labute approximate surface area is 154 Å². The van der Waals surface area contributed by atoms with Crippen LogP contribution in [0.15, 0.2) is 53.4 Å². The van der Waals surface area contributed by atoms with Gasteiger partial charge in [-0.25, -0.2) is 8.42 Å². The van der Waals surface area contributed by atoms with Crippen molar-refractivity contribution in [2.45, 2.75) is 43.5 Å². The Morgan fingerprint density at radius 1 is 1.15 bits per heavy atom. The number of anilines is 1. The van der Waals surface area contributed by atoms with Crippen molar-refractivity contribution in [1.29, 1.82) is 0 Å². The first-order valence-electron chi connectivity index (χ1n) is 8.70. The summed E-state index contributed by atoms with van der Waals surface area (Å²) in [6.07, 6.45) is 1.24. The highest BCUT2D eigenvalue weighted by Crippen LogP contribution is 2.41. The largest absolute Gasteiger partial charge is 0.469 e. The summed E-state index contributed by atoms with van der Waals surface area (Å²) in [6.45, 7) is 3.85. The van der Waals surface area contributed by atoms with Crippen LogP contribution >= 0.6 is 0 Å². The maximum atomic E-state index is 13.3. The summed E-state index contributed by atoms with van der Waals surface area (Å²) in [4.78, 5) is 12.4. The minimum absolute atomic E-state index is 0.257. The van der Waals surface area contributed by atoms with E-state index in [0.717, 1.165) is 12.0 Å². The van der Waals surface area contributed by atoms with Gasteiger partial charge in [0.1, 0.15) is 0 Å². The molecular weight excluding hydrogens is 350 g/mol. The molecule has 0 N–H and O–H groups in total. The third kappa shape index (κ3) is 3.09. The normalized spacial score (nSPS) is 19.7. The van der Waals surface area contributed by atoms with Gasteiger partial charge >= 0.3 is 5.97 Å². The van der Waals surface area contributed by atoms with Gasteiger partial charge in [0.2, 0.25) is 0 Å². The van der Waals surface area contributed by atoms with Crippen molar-refractivity contribution in [2.75, 3.05) is 11.4 Å². The average molecular weight is 373 g/mol. The first-order chi connectivity index (χ1) is 12.4. The number of esters is 1. The van der Waals surface area contributed by atoms with Crippen LogP contribution in [0.1, 0.15) is 37.3 Å². The molecular formula is C20H23NO4S. The van der Waals surface area contributed by atoms with Gasteiger partial charge in [0, 0.05) is 6.04 Å².